The van der Waals surface area contributed by atoms with Crippen LogP contribution in [-0.4, -0.2) is 60.8 Å². The zero-order valence-corrected chi connectivity index (χ0v) is 16.0. The number of nitrogens with zero attached hydrogens (tertiary/aromatic N) is 2. The predicted octanol–water partition coefficient (Wildman–Crippen LogP) is 1.96. The van der Waals surface area contributed by atoms with Gasteiger partial charge in [0, 0.05) is 31.7 Å². The molecule has 0 radical (unpaired) electrons. The normalized spacial score (nSPS) is 11.6. The van der Waals surface area contributed by atoms with Gasteiger partial charge in [0.05, 0.1) is 11.3 Å². The fourth-order valence-corrected chi connectivity index (χ4v) is 3.99. The van der Waals surface area contributed by atoms with Crippen LogP contribution in [0.4, 0.5) is 0 Å². The third-order valence-corrected chi connectivity index (χ3v) is 6.09. The third-order valence-electron chi connectivity index (χ3n) is 4.05. The van der Waals surface area contributed by atoms with Crippen molar-refractivity contribution in [2.24, 2.45) is 0 Å². The largest absolute Gasteiger partial charge is 0.481 e. The molecule has 0 fully saturated rings. The average molecular weight is 370 g/mol. The molecule has 0 aliphatic carbocycles. The number of carboxylic acids is 1. The lowest BCUT2D eigenvalue weighted by atomic mass is 10.1. The summed E-state index contributed by atoms with van der Waals surface area (Å²) in [5.41, 5.74) is 0.928. The standard InChI is InChI=1S/C17H26N2O5S/c1-5-18(11-10-16(20)21)17(22)15-12-14(9-8-13(15)4)25(23,24)19(6-2)7-3/h8-9,12H,5-7,10-11H2,1-4H3,(H,20,21). The van der Waals surface area contributed by atoms with Crippen LogP contribution in [0.25, 0.3) is 0 Å². The number of rotatable bonds is 9. The first-order valence-electron chi connectivity index (χ1n) is 8.30. The second kappa shape index (κ2) is 8.96. The number of carbonyl (C=O) groups excluding carboxylic acids is 1. The summed E-state index contributed by atoms with van der Waals surface area (Å²) < 4.78 is 26.6. The zero-order valence-electron chi connectivity index (χ0n) is 15.2. The Balaban J connectivity index is 3.24. The first kappa shape index (κ1) is 21.1. The molecule has 0 spiro atoms. The maximum atomic E-state index is 12.7. The Morgan fingerprint density at radius 2 is 1.68 bits per heavy atom. The summed E-state index contributed by atoms with van der Waals surface area (Å²) >= 11 is 0. The van der Waals surface area contributed by atoms with Gasteiger partial charge in [-0.1, -0.05) is 19.9 Å². The van der Waals surface area contributed by atoms with Gasteiger partial charge >= 0.3 is 5.97 Å². The lowest BCUT2D eigenvalue weighted by molar-refractivity contribution is -0.137. The van der Waals surface area contributed by atoms with Gasteiger partial charge in [-0.15, -0.1) is 0 Å². The molecule has 1 rings (SSSR count). The van der Waals surface area contributed by atoms with Crippen molar-refractivity contribution in [3.8, 4) is 0 Å². The quantitative estimate of drug-likeness (QED) is 0.717. The Labute approximate surface area is 149 Å². The van der Waals surface area contributed by atoms with E-state index < -0.39 is 16.0 Å². The lowest BCUT2D eigenvalue weighted by Crippen LogP contribution is -2.34. The molecule has 1 N–H and O–H groups in total. The Hall–Kier alpha value is -1.93. The molecule has 0 bridgehead atoms. The molecule has 7 nitrogen and oxygen atoms in total. The van der Waals surface area contributed by atoms with Crippen molar-refractivity contribution in [2.45, 2.75) is 39.0 Å². The van der Waals surface area contributed by atoms with E-state index in [1.54, 1.807) is 33.8 Å². The minimum Gasteiger partial charge on any atom is -0.481 e. The highest BCUT2D eigenvalue weighted by atomic mass is 32.2. The van der Waals surface area contributed by atoms with Gasteiger partial charge < -0.3 is 10.0 Å². The van der Waals surface area contributed by atoms with Crippen LogP contribution in [0.5, 0.6) is 0 Å². The Bertz CT molecular complexity index is 727. The highest BCUT2D eigenvalue weighted by Crippen LogP contribution is 2.21. The number of aryl methyl sites for hydroxylation is 1. The summed E-state index contributed by atoms with van der Waals surface area (Å²) in [6, 6.07) is 4.48. The molecule has 0 atom stereocenters. The van der Waals surface area contributed by atoms with E-state index in [0.717, 1.165) is 0 Å². The van der Waals surface area contributed by atoms with Gasteiger partial charge in [-0.2, -0.15) is 4.31 Å². The molecule has 1 aromatic rings. The predicted molar refractivity (Wildman–Crippen MR) is 95.1 cm³/mol. The minimum atomic E-state index is -3.66. The first-order valence-corrected chi connectivity index (χ1v) is 9.74. The van der Waals surface area contributed by atoms with Gasteiger partial charge in [-0.05, 0) is 31.5 Å². The van der Waals surface area contributed by atoms with E-state index in [4.69, 9.17) is 5.11 Å². The third kappa shape index (κ3) is 5.02. The summed E-state index contributed by atoms with van der Waals surface area (Å²) in [6.07, 6.45) is -0.157. The van der Waals surface area contributed by atoms with E-state index >= 15 is 0 Å². The molecule has 25 heavy (non-hydrogen) atoms. The highest BCUT2D eigenvalue weighted by molar-refractivity contribution is 7.89. The number of sulfonamides is 1. The number of benzene rings is 1. The van der Waals surface area contributed by atoms with E-state index in [2.05, 4.69) is 0 Å². The van der Waals surface area contributed by atoms with Crippen LogP contribution < -0.4 is 0 Å². The van der Waals surface area contributed by atoms with E-state index in [1.165, 1.54) is 21.3 Å². The highest BCUT2D eigenvalue weighted by Gasteiger charge is 2.24. The van der Waals surface area contributed by atoms with Gasteiger partial charge in [0.15, 0.2) is 0 Å². The SMILES string of the molecule is CCN(CCC(=O)O)C(=O)c1cc(S(=O)(=O)N(CC)CC)ccc1C. The van der Waals surface area contributed by atoms with E-state index in [0.29, 0.717) is 25.2 Å². The molecule has 0 unspecified atom stereocenters. The maximum Gasteiger partial charge on any atom is 0.305 e. The number of aliphatic carboxylic acids is 1. The second-order valence-corrected chi connectivity index (χ2v) is 7.53. The number of hydrogen-bond donors (Lipinski definition) is 1. The molecule has 8 heteroatoms. The molecule has 1 aromatic carbocycles. The van der Waals surface area contributed by atoms with Gasteiger partial charge in [-0.3, -0.25) is 9.59 Å². The molecule has 0 heterocycles. The monoisotopic (exact) mass is 370 g/mol. The maximum absolute atomic E-state index is 12.7. The van der Waals surface area contributed by atoms with Crippen LogP contribution in [0.3, 0.4) is 0 Å². The van der Waals surface area contributed by atoms with Crippen LogP contribution in [0.1, 0.15) is 43.1 Å². The number of carbonyl (C=O) groups is 2. The topological polar surface area (TPSA) is 95.0 Å². The fraction of sp³-hybridized carbons (Fsp3) is 0.529. The van der Waals surface area contributed by atoms with Crippen LogP contribution >= 0.6 is 0 Å². The Morgan fingerprint density at radius 1 is 1.08 bits per heavy atom. The molecule has 0 saturated heterocycles. The van der Waals surface area contributed by atoms with Crippen LogP contribution in [0, 0.1) is 6.92 Å². The molecule has 0 aliphatic heterocycles. The van der Waals surface area contributed by atoms with Crippen molar-refractivity contribution in [3.63, 3.8) is 0 Å². The molecule has 140 valence electrons. The van der Waals surface area contributed by atoms with Crippen LogP contribution in [0.2, 0.25) is 0 Å². The Kier molecular flexibility index (Phi) is 7.57. The van der Waals surface area contributed by atoms with Gasteiger partial charge in [0.1, 0.15) is 0 Å². The van der Waals surface area contributed by atoms with Crippen molar-refractivity contribution in [3.05, 3.63) is 29.3 Å². The second-order valence-electron chi connectivity index (χ2n) is 5.59. The lowest BCUT2D eigenvalue weighted by Gasteiger charge is -2.22. The molecule has 0 aromatic heterocycles. The Morgan fingerprint density at radius 3 is 2.16 bits per heavy atom. The number of hydrogen-bond acceptors (Lipinski definition) is 4. The van der Waals surface area contributed by atoms with Crippen molar-refractivity contribution in [1.82, 2.24) is 9.21 Å². The summed E-state index contributed by atoms with van der Waals surface area (Å²) in [4.78, 5) is 24.9. The van der Waals surface area contributed by atoms with Crippen LogP contribution in [0.15, 0.2) is 23.1 Å². The van der Waals surface area contributed by atoms with Crippen LogP contribution in [-0.2, 0) is 14.8 Å². The summed E-state index contributed by atoms with van der Waals surface area (Å²) in [5.74, 6) is -1.35. The molecule has 0 aliphatic rings. The van der Waals surface area contributed by atoms with E-state index in [1.807, 2.05) is 0 Å². The van der Waals surface area contributed by atoms with Crippen molar-refractivity contribution in [1.29, 1.82) is 0 Å². The zero-order chi connectivity index (χ0) is 19.2. The first-order chi connectivity index (χ1) is 11.7. The smallest absolute Gasteiger partial charge is 0.305 e. The van der Waals surface area contributed by atoms with Gasteiger partial charge in [0.25, 0.3) is 5.91 Å². The molecular weight excluding hydrogens is 344 g/mol. The average Bonchev–Trinajstić information content (AvgIpc) is 2.56. The molecule has 1 amide bonds. The number of carboxylic acid groups (broad SMARTS) is 1. The van der Waals surface area contributed by atoms with Crippen molar-refractivity contribution >= 4 is 21.9 Å². The van der Waals surface area contributed by atoms with E-state index in [9.17, 15) is 18.0 Å². The molecule has 0 saturated carbocycles. The molecular formula is C17H26N2O5S. The van der Waals surface area contributed by atoms with Gasteiger partial charge in [0.2, 0.25) is 10.0 Å². The number of amides is 1. The summed E-state index contributed by atoms with van der Waals surface area (Å²) in [5, 5.41) is 8.81. The minimum absolute atomic E-state index is 0.0689. The summed E-state index contributed by atoms with van der Waals surface area (Å²) in [7, 11) is -3.66. The fourth-order valence-electron chi connectivity index (χ4n) is 2.51. The summed E-state index contributed by atoms with van der Waals surface area (Å²) in [6.45, 7) is 8.11. The van der Waals surface area contributed by atoms with E-state index in [-0.39, 0.29) is 29.3 Å². The van der Waals surface area contributed by atoms with Crippen molar-refractivity contribution in [2.75, 3.05) is 26.2 Å². The van der Waals surface area contributed by atoms with Crippen molar-refractivity contribution < 1.29 is 23.1 Å². The van der Waals surface area contributed by atoms with Gasteiger partial charge in [-0.25, -0.2) is 8.42 Å².